The molecule has 2 rings (SSSR count). The monoisotopic (exact) mass is 320 g/mol. The summed E-state index contributed by atoms with van der Waals surface area (Å²) in [5.74, 6) is -1.68. The van der Waals surface area contributed by atoms with Crippen molar-refractivity contribution < 1.29 is 14.0 Å². The minimum atomic E-state index is -0.638. The average molecular weight is 321 g/mol. The molecule has 0 fully saturated rings. The Morgan fingerprint density at radius 3 is 2.59 bits per heavy atom. The molecule has 0 aromatic heterocycles. The molecule has 2 N–H and O–H groups in total. The van der Waals surface area contributed by atoms with Crippen molar-refractivity contribution in [2.45, 2.75) is 6.92 Å². The summed E-state index contributed by atoms with van der Waals surface area (Å²) in [6.07, 6.45) is 0. The summed E-state index contributed by atoms with van der Waals surface area (Å²) in [4.78, 5) is 23.6. The van der Waals surface area contributed by atoms with E-state index in [-0.39, 0.29) is 12.1 Å². The Balaban J connectivity index is 1.93. The first-order chi connectivity index (χ1) is 10.5. The van der Waals surface area contributed by atoms with Crippen molar-refractivity contribution in [3.8, 4) is 0 Å². The topological polar surface area (TPSA) is 58.2 Å². The number of rotatable bonds is 4. The Labute approximate surface area is 132 Å². The summed E-state index contributed by atoms with van der Waals surface area (Å²) >= 11 is 5.83. The molecule has 4 nitrogen and oxygen atoms in total. The van der Waals surface area contributed by atoms with Crippen LogP contribution < -0.4 is 10.6 Å². The van der Waals surface area contributed by atoms with Crippen LogP contribution in [0.3, 0.4) is 0 Å². The van der Waals surface area contributed by atoms with Gasteiger partial charge in [-0.1, -0.05) is 23.7 Å². The molecule has 0 aliphatic heterocycles. The molecule has 0 radical (unpaired) electrons. The van der Waals surface area contributed by atoms with Crippen molar-refractivity contribution in [1.82, 2.24) is 5.32 Å². The lowest BCUT2D eigenvalue weighted by Gasteiger charge is -2.10. The fourth-order valence-corrected chi connectivity index (χ4v) is 2.09. The zero-order chi connectivity index (χ0) is 16.1. The van der Waals surface area contributed by atoms with Gasteiger partial charge in [0, 0.05) is 10.7 Å². The third-order valence-electron chi connectivity index (χ3n) is 2.99. The number of hydrogen-bond acceptors (Lipinski definition) is 2. The third-order valence-corrected chi connectivity index (χ3v) is 3.23. The van der Waals surface area contributed by atoms with E-state index in [1.807, 2.05) is 0 Å². The maximum atomic E-state index is 13.4. The molecule has 0 saturated heterocycles. The maximum Gasteiger partial charge on any atom is 0.254 e. The molecule has 0 saturated carbocycles. The highest BCUT2D eigenvalue weighted by atomic mass is 35.5. The number of anilines is 1. The molecule has 22 heavy (non-hydrogen) atoms. The largest absolute Gasteiger partial charge is 0.343 e. The minimum Gasteiger partial charge on any atom is -0.343 e. The van der Waals surface area contributed by atoms with Gasteiger partial charge in [0.1, 0.15) is 5.82 Å². The van der Waals surface area contributed by atoms with Crippen molar-refractivity contribution in [3.05, 3.63) is 64.4 Å². The number of carbonyl (C=O) groups is 2. The first-order valence-corrected chi connectivity index (χ1v) is 6.94. The van der Waals surface area contributed by atoms with Crippen LogP contribution in [-0.2, 0) is 4.79 Å². The van der Waals surface area contributed by atoms with Gasteiger partial charge in [-0.05, 0) is 42.8 Å². The van der Waals surface area contributed by atoms with Crippen LogP contribution in [0.4, 0.5) is 10.1 Å². The lowest BCUT2D eigenvalue weighted by atomic mass is 10.2. The standard InChI is InChI=1S/C16H14ClFN2O2/c1-10-8-11(17)6-7-14(10)20-15(21)9-19-16(22)12-4-2-3-5-13(12)18/h2-8H,9H2,1H3,(H,19,22)(H,20,21). The van der Waals surface area contributed by atoms with Crippen LogP contribution in [-0.4, -0.2) is 18.4 Å². The van der Waals surface area contributed by atoms with Gasteiger partial charge in [0.2, 0.25) is 5.91 Å². The second-order valence-corrected chi connectivity index (χ2v) is 5.11. The SMILES string of the molecule is Cc1cc(Cl)ccc1NC(=O)CNC(=O)c1ccccc1F. The first kappa shape index (κ1) is 16.0. The molecule has 2 amide bonds. The van der Waals surface area contributed by atoms with Gasteiger partial charge in [0.15, 0.2) is 0 Å². The Bertz CT molecular complexity index is 719. The van der Waals surface area contributed by atoms with Crippen molar-refractivity contribution in [2.75, 3.05) is 11.9 Å². The summed E-state index contributed by atoms with van der Waals surface area (Å²) in [6, 6.07) is 10.6. The molecular weight excluding hydrogens is 307 g/mol. The summed E-state index contributed by atoms with van der Waals surface area (Å²) < 4.78 is 13.4. The van der Waals surface area contributed by atoms with E-state index in [9.17, 15) is 14.0 Å². The van der Waals surface area contributed by atoms with E-state index in [0.717, 1.165) is 5.56 Å². The van der Waals surface area contributed by atoms with Crippen molar-refractivity contribution >= 4 is 29.1 Å². The molecule has 2 aromatic carbocycles. The molecule has 0 unspecified atom stereocenters. The van der Waals surface area contributed by atoms with Crippen molar-refractivity contribution in [3.63, 3.8) is 0 Å². The molecule has 0 atom stereocenters. The van der Waals surface area contributed by atoms with Gasteiger partial charge in [-0.25, -0.2) is 4.39 Å². The third kappa shape index (κ3) is 4.05. The Morgan fingerprint density at radius 1 is 1.18 bits per heavy atom. The Kier molecular flexibility index (Phi) is 5.12. The van der Waals surface area contributed by atoms with E-state index >= 15 is 0 Å². The molecule has 6 heteroatoms. The van der Waals surface area contributed by atoms with Crippen LogP contribution in [0.5, 0.6) is 0 Å². The van der Waals surface area contributed by atoms with E-state index in [0.29, 0.717) is 10.7 Å². The Hall–Kier alpha value is -2.40. The van der Waals surface area contributed by atoms with Gasteiger partial charge in [-0.15, -0.1) is 0 Å². The van der Waals surface area contributed by atoms with E-state index in [1.165, 1.54) is 18.2 Å². The number of benzene rings is 2. The fraction of sp³-hybridized carbons (Fsp3) is 0.125. The van der Waals surface area contributed by atoms with Crippen molar-refractivity contribution in [2.24, 2.45) is 0 Å². The zero-order valence-corrected chi connectivity index (χ0v) is 12.6. The number of hydrogen-bond donors (Lipinski definition) is 2. The second-order valence-electron chi connectivity index (χ2n) is 4.67. The summed E-state index contributed by atoms with van der Waals surface area (Å²) in [6.45, 7) is 1.55. The molecule has 0 aliphatic rings. The highest BCUT2D eigenvalue weighted by molar-refractivity contribution is 6.30. The van der Waals surface area contributed by atoms with Crippen LogP contribution in [0.1, 0.15) is 15.9 Å². The van der Waals surface area contributed by atoms with E-state index < -0.39 is 17.6 Å². The molecule has 2 aromatic rings. The van der Waals surface area contributed by atoms with Gasteiger partial charge in [0.05, 0.1) is 12.1 Å². The van der Waals surface area contributed by atoms with Gasteiger partial charge in [-0.2, -0.15) is 0 Å². The molecule has 114 valence electrons. The van der Waals surface area contributed by atoms with Crippen LogP contribution in [0, 0.1) is 12.7 Å². The highest BCUT2D eigenvalue weighted by Crippen LogP contribution is 2.19. The van der Waals surface area contributed by atoms with Crippen LogP contribution in [0.2, 0.25) is 5.02 Å². The zero-order valence-electron chi connectivity index (χ0n) is 11.8. The summed E-state index contributed by atoms with van der Waals surface area (Å²) in [5.41, 5.74) is 1.31. The predicted molar refractivity (Wildman–Crippen MR) is 83.6 cm³/mol. The Morgan fingerprint density at radius 2 is 1.91 bits per heavy atom. The van der Waals surface area contributed by atoms with Crippen LogP contribution in [0.15, 0.2) is 42.5 Å². The van der Waals surface area contributed by atoms with Crippen molar-refractivity contribution in [1.29, 1.82) is 0 Å². The molecule has 0 heterocycles. The summed E-state index contributed by atoms with van der Waals surface area (Å²) in [5, 5.41) is 5.60. The van der Waals surface area contributed by atoms with E-state index in [2.05, 4.69) is 10.6 Å². The first-order valence-electron chi connectivity index (χ1n) is 6.56. The van der Waals surface area contributed by atoms with Crippen LogP contribution in [0.25, 0.3) is 0 Å². The average Bonchev–Trinajstić information content (AvgIpc) is 2.48. The number of carbonyl (C=O) groups excluding carboxylic acids is 2. The van der Waals surface area contributed by atoms with E-state index in [4.69, 9.17) is 11.6 Å². The summed E-state index contributed by atoms with van der Waals surface area (Å²) in [7, 11) is 0. The molecule has 0 bridgehead atoms. The molecule has 0 spiro atoms. The van der Waals surface area contributed by atoms with Gasteiger partial charge in [-0.3, -0.25) is 9.59 Å². The quantitative estimate of drug-likeness (QED) is 0.909. The normalized spacial score (nSPS) is 10.1. The minimum absolute atomic E-state index is 0.0991. The maximum absolute atomic E-state index is 13.4. The van der Waals surface area contributed by atoms with Crippen LogP contribution >= 0.6 is 11.6 Å². The lowest BCUT2D eigenvalue weighted by Crippen LogP contribution is -2.33. The molecular formula is C16H14ClFN2O2. The number of aryl methyl sites for hydroxylation is 1. The van der Waals surface area contributed by atoms with E-state index in [1.54, 1.807) is 31.2 Å². The number of nitrogens with one attached hydrogen (secondary N) is 2. The second kappa shape index (κ2) is 7.04. The smallest absolute Gasteiger partial charge is 0.254 e. The number of amides is 2. The number of halogens is 2. The van der Waals surface area contributed by atoms with Gasteiger partial charge in [0.25, 0.3) is 5.91 Å². The highest BCUT2D eigenvalue weighted by Gasteiger charge is 2.12. The van der Waals surface area contributed by atoms with Gasteiger partial charge < -0.3 is 10.6 Å². The predicted octanol–water partition coefficient (Wildman–Crippen LogP) is 3.16. The lowest BCUT2D eigenvalue weighted by molar-refractivity contribution is -0.115. The molecule has 0 aliphatic carbocycles. The fourth-order valence-electron chi connectivity index (χ4n) is 1.86. The van der Waals surface area contributed by atoms with Gasteiger partial charge >= 0.3 is 0 Å².